The van der Waals surface area contributed by atoms with Crippen molar-refractivity contribution in [3.63, 3.8) is 0 Å². The second kappa shape index (κ2) is 7.51. The predicted molar refractivity (Wildman–Crippen MR) is 71.8 cm³/mol. The molecule has 2 rings (SSSR count). The van der Waals surface area contributed by atoms with Crippen LogP contribution >= 0.6 is 24.8 Å². The highest BCUT2D eigenvalue weighted by Gasteiger charge is 2.28. The number of rotatable bonds is 2. The summed E-state index contributed by atoms with van der Waals surface area (Å²) in [6.45, 7) is 1.14. The average molecular weight is 296 g/mol. The van der Waals surface area contributed by atoms with E-state index in [-0.39, 0.29) is 36.8 Å². The van der Waals surface area contributed by atoms with Crippen LogP contribution < -0.4 is 5.73 Å². The molecule has 18 heavy (non-hydrogen) atoms. The van der Waals surface area contributed by atoms with Crippen LogP contribution in [0.15, 0.2) is 18.5 Å². The Balaban J connectivity index is 0.00000144. The smallest absolute Gasteiger partial charge is 0.255 e. The molecule has 1 aliphatic rings. The zero-order chi connectivity index (χ0) is 11.5. The van der Waals surface area contributed by atoms with Crippen LogP contribution in [0.25, 0.3) is 0 Å². The molecule has 1 aliphatic heterocycles. The summed E-state index contributed by atoms with van der Waals surface area (Å²) in [5, 5.41) is 0. The van der Waals surface area contributed by atoms with E-state index in [4.69, 9.17) is 5.73 Å². The fraction of sp³-hybridized carbons (Fsp3) is 0.455. The van der Waals surface area contributed by atoms with E-state index < -0.39 is 5.82 Å². The number of carbonyl (C=O) groups is 1. The summed E-state index contributed by atoms with van der Waals surface area (Å²) in [6.07, 6.45) is 4.35. The van der Waals surface area contributed by atoms with Crippen LogP contribution in [0.5, 0.6) is 0 Å². The molecule has 2 heterocycles. The van der Waals surface area contributed by atoms with Crippen molar-refractivity contribution in [1.82, 2.24) is 9.88 Å². The van der Waals surface area contributed by atoms with E-state index in [0.29, 0.717) is 18.7 Å². The molecule has 1 atom stereocenters. The van der Waals surface area contributed by atoms with Crippen LogP contribution in [0.1, 0.15) is 23.2 Å². The maximum Gasteiger partial charge on any atom is 0.255 e. The number of aromatic nitrogens is 1. The summed E-state index contributed by atoms with van der Waals surface area (Å²) < 4.78 is 12.9. The highest BCUT2D eigenvalue weighted by Crippen LogP contribution is 2.19. The molecule has 1 aromatic rings. The molecular formula is C11H16Cl2FN3O. The fourth-order valence-corrected chi connectivity index (χ4v) is 2.04. The van der Waals surface area contributed by atoms with Gasteiger partial charge in [-0.2, -0.15) is 0 Å². The first-order chi connectivity index (χ1) is 7.72. The largest absolute Gasteiger partial charge is 0.334 e. The lowest BCUT2D eigenvalue weighted by Gasteiger charge is -2.23. The van der Waals surface area contributed by atoms with Crippen LogP contribution in [0.2, 0.25) is 0 Å². The molecule has 2 N–H and O–H groups in total. The zero-order valence-corrected chi connectivity index (χ0v) is 11.3. The number of likely N-dealkylation sites (tertiary alicyclic amines) is 1. The third kappa shape index (κ3) is 3.54. The number of carbonyl (C=O) groups excluding carboxylic acids is 1. The number of nitrogens with zero attached hydrogens (tertiary/aromatic N) is 2. The van der Waals surface area contributed by atoms with E-state index in [0.717, 1.165) is 19.0 Å². The molecule has 7 heteroatoms. The van der Waals surface area contributed by atoms with Crippen molar-refractivity contribution in [3.05, 3.63) is 29.8 Å². The first-order valence-corrected chi connectivity index (χ1v) is 5.34. The summed E-state index contributed by atoms with van der Waals surface area (Å²) in [7, 11) is 0. The first kappa shape index (κ1) is 17.1. The van der Waals surface area contributed by atoms with Gasteiger partial charge < -0.3 is 10.6 Å². The summed E-state index contributed by atoms with van der Waals surface area (Å²) >= 11 is 0. The number of pyridine rings is 1. The van der Waals surface area contributed by atoms with Gasteiger partial charge in [0.15, 0.2) is 0 Å². The van der Waals surface area contributed by atoms with Crippen LogP contribution in [-0.2, 0) is 0 Å². The Kier molecular flexibility index (Phi) is 7.13. The predicted octanol–water partition coefficient (Wildman–Crippen LogP) is 1.63. The molecule has 0 aliphatic carbocycles. The lowest BCUT2D eigenvalue weighted by Crippen LogP contribution is -2.39. The lowest BCUT2D eigenvalue weighted by atomic mass is 10.2. The molecule has 102 valence electrons. The van der Waals surface area contributed by atoms with Gasteiger partial charge in [0.25, 0.3) is 5.91 Å². The van der Waals surface area contributed by atoms with E-state index in [2.05, 4.69) is 4.98 Å². The molecule has 0 radical (unpaired) electrons. The van der Waals surface area contributed by atoms with Crippen molar-refractivity contribution in [2.24, 2.45) is 5.73 Å². The Morgan fingerprint density at radius 3 is 2.83 bits per heavy atom. The zero-order valence-electron chi connectivity index (χ0n) is 9.71. The molecule has 1 fully saturated rings. The van der Waals surface area contributed by atoms with Crippen LogP contribution in [0.3, 0.4) is 0 Å². The van der Waals surface area contributed by atoms with E-state index >= 15 is 0 Å². The molecule has 0 bridgehead atoms. The number of halogens is 3. The van der Waals surface area contributed by atoms with Gasteiger partial charge in [-0.15, -0.1) is 24.8 Å². The Morgan fingerprint density at radius 1 is 1.50 bits per heavy atom. The maximum absolute atomic E-state index is 12.9. The van der Waals surface area contributed by atoms with Crippen molar-refractivity contribution in [2.45, 2.75) is 18.9 Å². The van der Waals surface area contributed by atoms with Crippen LogP contribution in [-0.4, -0.2) is 34.9 Å². The number of hydrogen-bond acceptors (Lipinski definition) is 3. The summed E-state index contributed by atoms with van der Waals surface area (Å²) in [4.78, 5) is 17.4. The maximum atomic E-state index is 12.9. The quantitative estimate of drug-likeness (QED) is 0.902. The normalized spacial score (nSPS) is 17.9. The van der Waals surface area contributed by atoms with Gasteiger partial charge in [0.2, 0.25) is 0 Å². The summed E-state index contributed by atoms with van der Waals surface area (Å²) in [5.74, 6) is -0.672. The van der Waals surface area contributed by atoms with E-state index in [1.54, 1.807) is 4.90 Å². The molecule has 1 amide bonds. The average Bonchev–Trinajstić information content (AvgIpc) is 2.76. The monoisotopic (exact) mass is 295 g/mol. The molecule has 1 unspecified atom stereocenters. The van der Waals surface area contributed by atoms with Gasteiger partial charge in [-0.25, -0.2) is 4.39 Å². The second-order valence-electron chi connectivity index (χ2n) is 3.92. The molecule has 4 nitrogen and oxygen atoms in total. The molecule has 0 spiro atoms. The van der Waals surface area contributed by atoms with Crippen molar-refractivity contribution in [3.8, 4) is 0 Å². The van der Waals surface area contributed by atoms with Gasteiger partial charge >= 0.3 is 0 Å². The Hall–Kier alpha value is -0.910. The third-order valence-corrected chi connectivity index (χ3v) is 2.86. The Bertz CT molecular complexity index is 406. The minimum atomic E-state index is -0.491. The lowest BCUT2D eigenvalue weighted by molar-refractivity contribution is 0.0740. The topological polar surface area (TPSA) is 59.2 Å². The van der Waals surface area contributed by atoms with Crippen molar-refractivity contribution in [2.75, 3.05) is 13.1 Å². The number of hydrogen-bond donors (Lipinski definition) is 1. The number of nitrogens with two attached hydrogens (primary N) is 1. The molecule has 0 saturated carbocycles. The molecule has 1 aromatic heterocycles. The fourth-order valence-electron chi connectivity index (χ4n) is 2.04. The second-order valence-corrected chi connectivity index (χ2v) is 3.92. The van der Waals surface area contributed by atoms with E-state index in [9.17, 15) is 9.18 Å². The van der Waals surface area contributed by atoms with Crippen molar-refractivity contribution >= 4 is 30.7 Å². The van der Waals surface area contributed by atoms with Gasteiger partial charge in [-0.1, -0.05) is 0 Å². The summed E-state index contributed by atoms with van der Waals surface area (Å²) in [6, 6.07) is 1.29. The minimum absolute atomic E-state index is 0. The van der Waals surface area contributed by atoms with Crippen LogP contribution in [0.4, 0.5) is 4.39 Å². The first-order valence-electron chi connectivity index (χ1n) is 5.34. The van der Waals surface area contributed by atoms with Gasteiger partial charge in [-0.3, -0.25) is 9.78 Å². The molecule has 0 aromatic carbocycles. The molecule has 1 saturated heterocycles. The number of amides is 1. The molecular weight excluding hydrogens is 280 g/mol. The van der Waals surface area contributed by atoms with Crippen molar-refractivity contribution in [1.29, 1.82) is 0 Å². The van der Waals surface area contributed by atoms with E-state index in [1.165, 1.54) is 12.3 Å². The van der Waals surface area contributed by atoms with Gasteiger partial charge in [0.05, 0.1) is 11.8 Å². The van der Waals surface area contributed by atoms with Gasteiger partial charge in [0.1, 0.15) is 5.82 Å². The Labute approximate surface area is 118 Å². The van der Waals surface area contributed by atoms with Crippen molar-refractivity contribution < 1.29 is 9.18 Å². The van der Waals surface area contributed by atoms with Crippen LogP contribution in [0, 0.1) is 5.82 Å². The Morgan fingerprint density at radius 2 is 2.22 bits per heavy atom. The highest BCUT2D eigenvalue weighted by molar-refractivity contribution is 5.94. The highest BCUT2D eigenvalue weighted by atomic mass is 35.5. The summed E-state index contributed by atoms with van der Waals surface area (Å²) in [5.41, 5.74) is 5.88. The van der Waals surface area contributed by atoms with E-state index in [1.807, 2.05) is 0 Å². The van der Waals surface area contributed by atoms with Gasteiger partial charge in [-0.05, 0) is 18.9 Å². The minimum Gasteiger partial charge on any atom is -0.334 e. The standard InChI is InChI=1S/C11H14FN3O.2ClH/c12-9-4-8(6-14-7-9)11(16)15-3-1-2-10(15)5-13;;/h4,6-7,10H,1-3,5,13H2;2*1H. The van der Waals surface area contributed by atoms with Gasteiger partial charge in [0, 0.05) is 25.3 Å². The third-order valence-electron chi connectivity index (χ3n) is 2.86. The SMILES string of the molecule is Cl.Cl.NCC1CCCN1C(=O)c1cncc(F)c1.